The van der Waals surface area contributed by atoms with Gasteiger partial charge in [-0.15, -0.1) is 24.0 Å². The van der Waals surface area contributed by atoms with Crippen molar-refractivity contribution in [2.45, 2.75) is 44.7 Å². The van der Waals surface area contributed by atoms with Crippen molar-refractivity contribution < 1.29 is 4.79 Å². The minimum Gasteiger partial charge on any atom is -0.354 e. The fraction of sp³-hybridized carbons (Fsp3) is 0.455. The third-order valence-electron chi connectivity index (χ3n) is 5.21. The highest BCUT2D eigenvalue weighted by atomic mass is 127. The van der Waals surface area contributed by atoms with Crippen LogP contribution < -0.4 is 10.6 Å². The summed E-state index contributed by atoms with van der Waals surface area (Å²) < 4.78 is 0. The van der Waals surface area contributed by atoms with Crippen molar-refractivity contribution in [1.29, 1.82) is 0 Å². The molecule has 28 heavy (non-hydrogen) atoms. The second-order valence-electron chi connectivity index (χ2n) is 7.51. The monoisotopic (exact) mass is 494 g/mol. The van der Waals surface area contributed by atoms with Gasteiger partial charge >= 0.3 is 0 Å². The van der Waals surface area contributed by atoms with Crippen molar-refractivity contribution >= 4 is 46.6 Å². The number of halogens is 1. The Morgan fingerprint density at radius 3 is 2.54 bits per heavy atom. The van der Waals surface area contributed by atoms with Crippen LogP contribution in [-0.2, 0) is 4.79 Å². The molecule has 1 aliphatic carbocycles. The second kappa shape index (κ2) is 10.6. The summed E-state index contributed by atoms with van der Waals surface area (Å²) in [4.78, 5) is 18.1. The summed E-state index contributed by atoms with van der Waals surface area (Å²) >= 11 is 0. The number of carbonyl (C=O) groups is 1. The minimum atomic E-state index is 0. The standard InChI is InChI=1S/C22H30N4O.HI/c1-16(19-14-8-10-17-9-4-7-13-20(17)19)24-22(23-15-21(27)26(2)3)25-18-11-5-6-12-18;/h4,7-10,13-14,16,18H,5-6,11-12,15H2,1-3H3,(H2,23,24,25);1H. The maximum Gasteiger partial charge on any atom is 0.243 e. The molecule has 1 amide bonds. The molecule has 0 spiro atoms. The van der Waals surface area contributed by atoms with Crippen LogP contribution >= 0.6 is 24.0 Å². The number of carbonyl (C=O) groups excluding carboxylic acids is 1. The average molecular weight is 494 g/mol. The molecule has 0 saturated heterocycles. The number of aliphatic imine (C=N–C) groups is 1. The van der Waals surface area contributed by atoms with Gasteiger partial charge in [0.25, 0.3) is 0 Å². The molecule has 0 bridgehead atoms. The average Bonchev–Trinajstić information content (AvgIpc) is 3.18. The van der Waals surface area contributed by atoms with Crippen LogP contribution in [0.3, 0.4) is 0 Å². The first-order valence-corrected chi connectivity index (χ1v) is 9.80. The fourth-order valence-electron chi connectivity index (χ4n) is 3.60. The van der Waals surface area contributed by atoms with E-state index in [1.165, 1.54) is 29.2 Å². The normalized spacial score (nSPS) is 15.8. The highest BCUT2D eigenvalue weighted by molar-refractivity contribution is 14.0. The minimum absolute atomic E-state index is 0. The van der Waals surface area contributed by atoms with Crippen LogP contribution in [0.2, 0.25) is 0 Å². The summed E-state index contributed by atoms with van der Waals surface area (Å²) in [6.45, 7) is 2.29. The van der Waals surface area contributed by atoms with Crippen molar-refractivity contribution in [2.24, 2.45) is 4.99 Å². The molecule has 0 aromatic heterocycles. The van der Waals surface area contributed by atoms with Gasteiger partial charge in [0.05, 0.1) is 6.04 Å². The summed E-state index contributed by atoms with van der Waals surface area (Å²) in [6.07, 6.45) is 4.82. The van der Waals surface area contributed by atoms with Gasteiger partial charge in [-0.3, -0.25) is 4.79 Å². The van der Waals surface area contributed by atoms with E-state index in [1.807, 2.05) is 0 Å². The van der Waals surface area contributed by atoms with Gasteiger partial charge in [0, 0.05) is 20.1 Å². The second-order valence-corrected chi connectivity index (χ2v) is 7.51. The van der Waals surface area contributed by atoms with E-state index in [2.05, 4.69) is 65.0 Å². The zero-order valence-electron chi connectivity index (χ0n) is 16.9. The highest BCUT2D eigenvalue weighted by Crippen LogP contribution is 2.24. The Morgan fingerprint density at radius 1 is 1.14 bits per heavy atom. The molecular formula is C22H31IN4O. The number of rotatable bonds is 5. The van der Waals surface area contributed by atoms with E-state index in [0.717, 1.165) is 18.8 Å². The first-order chi connectivity index (χ1) is 13.0. The number of likely N-dealkylation sites (N-methyl/N-ethyl adjacent to an activating group) is 1. The molecule has 2 aromatic carbocycles. The van der Waals surface area contributed by atoms with E-state index in [-0.39, 0.29) is 42.5 Å². The highest BCUT2D eigenvalue weighted by Gasteiger charge is 2.18. The molecule has 1 unspecified atom stereocenters. The topological polar surface area (TPSA) is 56.7 Å². The third kappa shape index (κ3) is 5.83. The van der Waals surface area contributed by atoms with Crippen LogP contribution in [0.1, 0.15) is 44.2 Å². The maximum atomic E-state index is 12.0. The molecule has 0 radical (unpaired) electrons. The van der Waals surface area contributed by atoms with Gasteiger partial charge in [0.1, 0.15) is 6.54 Å². The molecule has 1 saturated carbocycles. The van der Waals surface area contributed by atoms with Gasteiger partial charge in [0.2, 0.25) is 5.91 Å². The number of guanidine groups is 1. The van der Waals surface area contributed by atoms with Gasteiger partial charge in [0.15, 0.2) is 5.96 Å². The number of benzene rings is 2. The third-order valence-corrected chi connectivity index (χ3v) is 5.21. The van der Waals surface area contributed by atoms with E-state index in [0.29, 0.717) is 6.04 Å². The molecule has 6 heteroatoms. The smallest absolute Gasteiger partial charge is 0.243 e. The first kappa shape index (κ1) is 22.5. The lowest BCUT2D eigenvalue weighted by Crippen LogP contribution is -2.44. The van der Waals surface area contributed by atoms with E-state index in [1.54, 1.807) is 19.0 Å². The maximum absolute atomic E-state index is 12.0. The summed E-state index contributed by atoms with van der Waals surface area (Å²) in [7, 11) is 3.52. The van der Waals surface area contributed by atoms with Crippen molar-refractivity contribution in [1.82, 2.24) is 15.5 Å². The summed E-state index contributed by atoms with van der Waals surface area (Å²) in [6, 6.07) is 15.3. The molecule has 1 fully saturated rings. The van der Waals surface area contributed by atoms with Gasteiger partial charge in [-0.1, -0.05) is 55.3 Å². The lowest BCUT2D eigenvalue weighted by molar-refractivity contribution is -0.127. The van der Waals surface area contributed by atoms with Crippen LogP contribution in [0.15, 0.2) is 47.5 Å². The predicted molar refractivity (Wildman–Crippen MR) is 127 cm³/mol. The molecule has 5 nitrogen and oxygen atoms in total. The molecule has 2 N–H and O–H groups in total. The lowest BCUT2D eigenvalue weighted by atomic mass is 10.00. The predicted octanol–water partition coefficient (Wildman–Crippen LogP) is 4.08. The zero-order valence-corrected chi connectivity index (χ0v) is 19.3. The number of nitrogens with one attached hydrogen (secondary N) is 2. The summed E-state index contributed by atoms with van der Waals surface area (Å²) in [5.74, 6) is 0.720. The number of hydrogen-bond acceptors (Lipinski definition) is 2. The van der Waals surface area contributed by atoms with Gasteiger partial charge < -0.3 is 15.5 Å². The molecule has 0 aliphatic heterocycles. The molecule has 0 heterocycles. The van der Waals surface area contributed by atoms with Crippen molar-refractivity contribution in [2.75, 3.05) is 20.6 Å². The Morgan fingerprint density at radius 2 is 1.82 bits per heavy atom. The molecule has 1 aliphatic rings. The lowest BCUT2D eigenvalue weighted by Gasteiger charge is -2.23. The Balaban J connectivity index is 0.00000280. The first-order valence-electron chi connectivity index (χ1n) is 9.80. The number of hydrogen-bond donors (Lipinski definition) is 2. The Labute approximate surface area is 185 Å². The van der Waals surface area contributed by atoms with Crippen molar-refractivity contribution in [3.05, 3.63) is 48.0 Å². The van der Waals surface area contributed by atoms with E-state index < -0.39 is 0 Å². The summed E-state index contributed by atoms with van der Waals surface area (Å²) in [5, 5.41) is 9.51. The van der Waals surface area contributed by atoms with E-state index in [4.69, 9.17) is 0 Å². The van der Waals surface area contributed by atoms with Crippen LogP contribution in [-0.4, -0.2) is 43.4 Å². The Kier molecular flexibility index (Phi) is 8.54. The number of nitrogens with zero attached hydrogens (tertiary/aromatic N) is 2. The van der Waals surface area contributed by atoms with Gasteiger partial charge in [-0.2, -0.15) is 0 Å². The van der Waals surface area contributed by atoms with E-state index in [9.17, 15) is 4.79 Å². The van der Waals surface area contributed by atoms with Crippen LogP contribution in [0.25, 0.3) is 10.8 Å². The number of amides is 1. The zero-order chi connectivity index (χ0) is 19.2. The molecule has 152 valence electrons. The van der Waals surface area contributed by atoms with Crippen molar-refractivity contribution in [3.8, 4) is 0 Å². The Bertz CT molecular complexity index is 810. The van der Waals surface area contributed by atoms with Crippen LogP contribution in [0, 0.1) is 0 Å². The summed E-state index contributed by atoms with van der Waals surface area (Å²) in [5.41, 5.74) is 1.23. The molecule has 3 rings (SSSR count). The SMILES string of the molecule is CC(NC(=NCC(=O)N(C)C)NC1CCCC1)c1cccc2ccccc12.I. The largest absolute Gasteiger partial charge is 0.354 e. The molecule has 2 aromatic rings. The van der Waals surface area contributed by atoms with Gasteiger partial charge in [-0.25, -0.2) is 4.99 Å². The van der Waals surface area contributed by atoms with E-state index >= 15 is 0 Å². The van der Waals surface area contributed by atoms with Crippen molar-refractivity contribution in [3.63, 3.8) is 0 Å². The number of fused-ring (bicyclic) bond motifs is 1. The van der Waals surface area contributed by atoms with Gasteiger partial charge in [-0.05, 0) is 36.1 Å². The molecular weight excluding hydrogens is 463 g/mol. The quantitative estimate of drug-likeness (QED) is 0.374. The van der Waals surface area contributed by atoms with Crippen LogP contribution in [0.5, 0.6) is 0 Å². The Hall–Kier alpha value is -1.83. The van der Waals surface area contributed by atoms with Crippen LogP contribution in [0.4, 0.5) is 0 Å². The fourth-order valence-corrected chi connectivity index (χ4v) is 3.60. The molecule has 1 atom stereocenters.